The lowest BCUT2D eigenvalue weighted by Gasteiger charge is -2.23. The zero-order valence-electron chi connectivity index (χ0n) is 21.2. The van der Waals surface area contributed by atoms with Crippen molar-refractivity contribution in [2.45, 2.75) is 85.4 Å². The molecule has 0 saturated carbocycles. The smallest absolute Gasteiger partial charge is 0.315 e. The molecule has 7 nitrogen and oxygen atoms in total. The third-order valence-electron chi connectivity index (χ3n) is 6.20. The topological polar surface area (TPSA) is 83.9 Å². The molecule has 0 aliphatic rings. The van der Waals surface area contributed by atoms with Crippen molar-refractivity contribution in [1.82, 2.24) is 25.4 Å². The molecule has 0 unspecified atom stereocenters. The first-order valence-corrected chi connectivity index (χ1v) is 12.8. The summed E-state index contributed by atoms with van der Waals surface area (Å²) >= 11 is 0. The van der Waals surface area contributed by atoms with Crippen molar-refractivity contribution in [2.24, 2.45) is 0 Å². The van der Waals surface area contributed by atoms with E-state index in [-0.39, 0.29) is 6.03 Å². The van der Waals surface area contributed by atoms with Crippen LogP contribution in [0, 0.1) is 0 Å². The van der Waals surface area contributed by atoms with Crippen LogP contribution in [0.4, 0.5) is 10.5 Å². The number of aromatic nitrogens is 3. The molecule has 0 radical (unpaired) electrons. The highest BCUT2D eigenvalue weighted by atomic mass is 16.2. The Morgan fingerprint density at radius 1 is 1.03 bits per heavy atom. The molecule has 7 heteroatoms. The van der Waals surface area contributed by atoms with Crippen LogP contribution in [0.2, 0.25) is 0 Å². The Hall–Kier alpha value is -3.09. The second-order valence-corrected chi connectivity index (χ2v) is 8.73. The van der Waals surface area contributed by atoms with Crippen LogP contribution in [0.1, 0.15) is 70.2 Å². The number of aryl methyl sites for hydroxylation is 2. The Kier molecular flexibility index (Phi) is 9.74. The lowest BCUT2D eigenvalue weighted by Crippen LogP contribution is -2.36. The molecule has 0 atom stereocenters. The van der Waals surface area contributed by atoms with Gasteiger partial charge in [-0.1, -0.05) is 63.9 Å². The largest absolute Gasteiger partial charge is 0.381 e. The van der Waals surface area contributed by atoms with Gasteiger partial charge in [-0.25, -0.2) is 14.5 Å². The van der Waals surface area contributed by atoms with E-state index in [1.54, 1.807) is 0 Å². The Labute approximate surface area is 203 Å². The fraction of sp³-hybridized carbons (Fsp3) is 0.519. The van der Waals surface area contributed by atoms with Crippen molar-refractivity contribution in [1.29, 1.82) is 0 Å². The predicted molar refractivity (Wildman–Crippen MR) is 140 cm³/mol. The van der Waals surface area contributed by atoms with Crippen molar-refractivity contribution >= 4 is 22.8 Å². The lowest BCUT2D eigenvalue weighted by atomic mass is 10.0. The maximum atomic E-state index is 12.6. The van der Waals surface area contributed by atoms with Crippen molar-refractivity contribution < 1.29 is 4.79 Å². The molecule has 34 heavy (non-hydrogen) atoms. The molecule has 0 aliphatic heterocycles. The molecule has 0 saturated heterocycles. The predicted octanol–water partition coefficient (Wildman–Crippen LogP) is 5.44. The first kappa shape index (κ1) is 25.5. The lowest BCUT2D eigenvalue weighted by molar-refractivity contribution is 0.240. The highest BCUT2D eigenvalue weighted by Crippen LogP contribution is 2.31. The maximum absolute atomic E-state index is 12.6. The number of rotatable bonds is 13. The number of nitrogens with one attached hydrogen (secondary N) is 3. The Morgan fingerprint density at radius 2 is 1.76 bits per heavy atom. The molecule has 3 N–H and O–H groups in total. The number of urea groups is 1. The van der Waals surface area contributed by atoms with Gasteiger partial charge in [0.25, 0.3) is 0 Å². The Bertz CT molecular complexity index is 1040. The molecule has 3 rings (SSSR count). The average Bonchev–Trinajstić information content (AvgIpc) is 3.27. The van der Waals surface area contributed by atoms with Crippen LogP contribution < -0.4 is 16.0 Å². The highest BCUT2D eigenvalue weighted by Gasteiger charge is 2.20. The fourth-order valence-corrected chi connectivity index (χ4v) is 4.44. The van der Waals surface area contributed by atoms with Gasteiger partial charge in [0.05, 0.1) is 17.3 Å². The molecule has 2 heterocycles. The van der Waals surface area contributed by atoms with Gasteiger partial charge in [-0.05, 0) is 38.2 Å². The number of pyridine rings is 1. The number of carbonyl (C=O) groups is 1. The fourth-order valence-electron chi connectivity index (χ4n) is 4.44. The van der Waals surface area contributed by atoms with E-state index >= 15 is 0 Å². The van der Waals surface area contributed by atoms with Gasteiger partial charge >= 0.3 is 6.03 Å². The summed E-state index contributed by atoms with van der Waals surface area (Å²) in [5.41, 5.74) is 5.24. The van der Waals surface area contributed by atoms with Gasteiger partial charge in [0.2, 0.25) is 0 Å². The third-order valence-corrected chi connectivity index (χ3v) is 6.20. The first-order valence-electron chi connectivity index (χ1n) is 12.8. The second kappa shape index (κ2) is 13.0. The van der Waals surface area contributed by atoms with Crippen molar-refractivity contribution in [3.05, 3.63) is 53.3 Å². The quantitative estimate of drug-likeness (QED) is 0.315. The van der Waals surface area contributed by atoms with Crippen LogP contribution in [0.5, 0.6) is 0 Å². The minimum absolute atomic E-state index is 0.160. The molecular formula is C27H40N6O. The maximum Gasteiger partial charge on any atom is 0.315 e. The van der Waals surface area contributed by atoms with E-state index in [0.717, 1.165) is 73.0 Å². The number of nitrogens with zero attached hydrogens (tertiary/aromatic N) is 3. The van der Waals surface area contributed by atoms with E-state index in [1.165, 1.54) is 5.56 Å². The number of benzene rings is 1. The highest BCUT2D eigenvalue weighted by molar-refractivity contribution is 5.91. The average molecular weight is 465 g/mol. The molecule has 3 aromatic rings. The van der Waals surface area contributed by atoms with Crippen molar-refractivity contribution in [3.8, 4) is 0 Å². The van der Waals surface area contributed by atoms with Gasteiger partial charge in [0.1, 0.15) is 0 Å². The van der Waals surface area contributed by atoms with E-state index in [0.29, 0.717) is 19.1 Å². The summed E-state index contributed by atoms with van der Waals surface area (Å²) in [4.78, 5) is 17.5. The first-order chi connectivity index (χ1) is 16.6. The summed E-state index contributed by atoms with van der Waals surface area (Å²) in [5, 5.41) is 15.5. The SMILES string of the molecule is CCCC(CCC)Nc1c(CNC(=O)NCCc2ccccc2)c(CC)nc2c1cnn2CC. The van der Waals surface area contributed by atoms with Crippen molar-refractivity contribution in [3.63, 3.8) is 0 Å². The van der Waals surface area contributed by atoms with Crippen LogP contribution in [0.25, 0.3) is 11.0 Å². The minimum atomic E-state index is -0.160. The second-order valence-electron chi connectivity index (χ2n) is 8.73. The van der Waals surface area contributed by atoms with Gasteiger partial charge in [-0.15, -0.1) is 0 Å². The van der Waals surface area contributed by atoms with Gasteiger partial charge in [-0.2, -0.15) is 5.10 Å². The zero-order chi connectivity index (χ0) is 24.3. The molecule has 0 spiro atoms. The third kappa shape index (κ3) is 6.49. The Morgan fingerprint density at radius 3 is 2.41 bits per heavy atom. The number of amides is 2. The van der Waals surface area contributed by atoms with Gasteiger partial charge in [-0.3, -0.25) is 0 Å². The molecule has 2 aromatic heterocycles. The monoisotopic (exact) mass is 464 g/mol. The molecule has 0 bridgehead atoms. The number of fused-ring (bicyclic) bond motifs is 1. The van der Waals surface area contributed by atoms with Crippen LogP contribution in [0.15, 0.2) is 36.5 Å². The summed E-state index contributed by atoms with van der Waals surface area (Å²) in [6.07, 6.45) is 7.96. The van der Waals surface area contributed by atoms with Crippen molar-refractivity contribution in [2.75, 3.05) is 11.9 Å². The van der Waals surface area contributed by atoms with E-state index in [2.05, 4.69) is 60.9 Å². The summed E-state index contributed by atoms with van der Waals surface area (Å²) in [6, 6.07) is 10.4. The standard InChI is InChI=1S/C27H40N6O/c1-5-12-21(13-6-2)31-25-22(24(7-3)32-26-23(25)19-30-33(26)8-4)18-29-27(34)28-17-16-20-14-10-9-11-15-20/h9-11,14-15,19,21H,5-8,12-13,16-18H2,1-4H3,(H,31,32)(H2,28,29,34). The summed E-state index contributed by atoms with van der Waals surface area (Å²) in [5.74, 6) is 0. The molecule has 0 fully saturated rings. The molecule has 184 valence electrons. The van der Waals surface area contributed by atoms with Gasteiger partial charge in [0.15, 0.2) is 5.65 Å². The summed E-state index contributed by atoms with van der Waals surface area (Å²) in [6.45, 7) is 10.4. The Balaban J connectivity index is 1.80. The number of hydrogen-bond acceptors (Lipinski definition) is 4. The van der Waals surface area contributed by atoms with E-state index < -0.39 is 0 Å². The number of hydrogen-bond donors (Lipinski definition) is 3. The molecule has 1 aromatic carbocycles. The number of anilines is 1. The molecular weight excluding hydrogens is 424 g/mol. The van der Waals surface area contributed by atoms with Crippen LogP contribution in [0.3, 0.4) is 0 Å². The number of carbonyl (C=O) groups excluding carboxylic acids is 1. The minimum Gasteiger partial charge on any atom is -0.381 e. The normalized spacial score (nSPS) is 11.2. The summed E-state index contributed by atoms with van der Waals surface area (Å²) < 4.78 is 1.95. The van der Waals surface area contributed by atoms with Gasteiger partial charge in [0, 0.05) is 36.9 Å². The van der Waals surface area contributed by atoms with Crippen LogP contribution in [-0.2, 0) is 25.9 Å². The van der Waals surface area contributed by atoms with Crippen LogP contribution in [-0.4, -0.2) is 33.4 Å². The summed E-state index contributed by atoms with van der Waals surface area (Å²) in [7, 11) is 0. The van der Waals surface area contributed by atoms with Gasteiger partial charge < -0.3 is 16.0 Å². The van der Waals surface area contributed by atoms with E-state index in [4.69, 9.17) is 4.98 Å². The molecule has 0 aliphatic carbocycles. The van der Waals surface area contributed by atoms with Crippen LogP contribution >= 0.6 is 0 Å². The van der Waals surface area contributed by atoms with E-state index in [1.807, 2.05) is 29.1 Å². The van der Waals surface area contributed by atoms with E-state index in [9.17, 15) is 4.79 Å². The zero-order valence-corrected chi connectivity index (χ0v) is 21.2. The molecule has 2 amide bonds.